The molecule has 0 radical (unpaired) electrons. The van der Waals surface area contributed by atoms with Gasteiger partial charge in [-0.05, 0) is 19.9 Å². The molecule has 2 aromatic rings. The fraction of sp³-hybridized carbons (Fsp3) is 0.250. The minimum absolute atomic E-state index is 0.161. The molecule has 6 nitrogen and oxygen atoms in total. The second-order valence-electron chi connectivity index (χ2n) is 4.10. The van der Waals surface area contributed by atoms with Crippen LogP contribution in [0.15, 0.2) is 28.8 Å². The van der Waals surface area contributed by atoms with Gasteiger partial charge in [0.15, 0.2) is 5.82 Å². The van der Waals surface area contributed by atoms with Gasteiger partial charge in [0.05, 0.1) is 22.9 Å². The van der Waals surface area contributed by atoms with Gasteiger partial charge in [0.1, 0.15) is 11.8 Å². The fourth-order valence-electron chi connectivity index (χ4n) is 1.60. The van der Waals surface area contributed by atoms with Crippen LogP contribution < -0.4 is 5.32 Å². The minimum Gasteiger partial charge on any atom is -0.444 e. The number of oxazole rings is 1. The highest BCUT2D eigenvalue weighted by molar-refractivity contribution is 5.50. The van der Waals surface area contributed by atoms with E-state index in [4.69, 9.17) is 4.42 Å². The molecule has 1 heterocycles. The molecule has 0 saturated carbocycles. The van der Waals surface area contributed by atoms with E-state index >= 15 is 0 Å². The number of hydrogen-bond acceptors (Lipinski definition) is 5. The summed E-state index contributed by atoms with van der Waals surface area (Å²) in [6.07, 6.45) is 1.57. The average Bonchev–Trinajstić information content (AvgIpc) is 2.78. The first kappa shape index (κ1) is 13.0. The quantitative estimate of drug-likeness (QED) is 0.678. The Morgan fingerprint density at radius 2 is 2.26 bits per heavy atom. The van der Waals surface area contributed by atoms with Crippen molar-refractivity contribution < 1.29 is 13.7 Å². The first-order valence-corrected chi connectivity index (χ1v) is 5.60. The molecular formula is C12H12FN3O3. The molecule has 0 aliphatic heterocycles. The van der Waals surface area contributed by atoms with Crippen LogP contribution in [0.3, 0.4) is 0 Å². The third-order valence-corrected chi connectivity index (χ3v) is 2.55. The highest BCUT2D eigenvalue weighted by atomic mass is 19.1. The summed E-state index contributed by atoms with van der Waals surface area (Å²) in [5, 5.41) is 13.4. The maximum absolute atomic E-state index is 13.7. The molecule has 0 amide bonds. The molecule has 2 rings (SSSR count). The maximum atomic E-state index is 13.7. The highest BCUT2D eigenvalue weighted by Crippen LogP contribution is 2.24. The lowest BCUT2D eigenvalue weighted by Crippen LogP contribution is -2.08. The van der Waals surface area contributed by atoms with Gasteiger partial charge in [-0.3, -0.25) is 10.1 Å². The van der Waals surface area contributed by atoms with Crippen molar-refractivity contribution in [3.63, 3.8) is 0 Å². The molecule has 1 aromatic carbocycles. The average molecular weight is 265 g/mol. The predicted molar refractivity (Wildman–Crippen MR) is 66.3 cm³/mol. The van der Waals surface area contributed by atoms with Crippen molar-refractivity contribution in [2.75, 3.05) is 5.32 Å². The lowest BCUT2D eigenvalue weighted by molar-refractivity contribution is -0.385. The summed E-state index contributed by atoms with van der Waals surface area (Å²) in [5.74, 6) is 0.396. The summed E-state index contributed by atoms with van der Waals surface area (Å²) in [6.45, 7) is 3.52. The van der Waals surface area contributed by atoms with Gasteiger partial charge in [0.25, 0.3) is 5.69 Å². The first-order chi connectivity index (χ1) is 8.97. The number of halogens is 1. The van der Waals surface area contributed by atoms with Crippen LogP contribution in [0.25, 0.3) is 0 Å². The smallest absolute Gasteiger partial charge is 0.272 e. The van der Waals surface area contributed by atoms with Gasteiger partial charge < -0.3 is 9.73 Å². The van der Waals surface area contributed by atoms with Gasteiger partial charge in [-0.1, -0.05) is 0 Å². The highest BCUT2D eigenvalue weighted by Gasteiger charge is 2.15. The molecule has 0 aliphatic carbocycles. The number of nitro benzene ring substituents is 1. The van der Waals surface area contributed by atoms with Gasteiger partial charge in [0.2, 0.25) is 5.89 Å². The Kier molecular flexibility index (Phi) is 3.46. The lowest BCUT2D eigenvalue weighted by Gasteiger charge is -2.12. The molecule has 19 heavy (non-hydrogen) atoms. The van der Waals surface area contributed by atoms with E-state index in [-0.39, 0.29) is 17.4 Å². The summed E-state index contributed by atoms with van der Waals surface area (Å²) in [6, 6.07) is 3.08. The zero-order valence-electron chi connectivity index (χ0n) is 10.4. The van der Waals surface area contributed by atoms with E-state index in [1.54, 1.807) is 20.0 Å². The van der Waals surface area contributed by atoms with Gasteiger partial charge in [-0.15, -0.1) is 0 Å². The topological polar surface area (TPSA) is 81.2 Å². The number of rotatable bonds is 4. The monoisotopic (exact) mass is 265 g/mol. The van der Waals surface area contributed by atoms with Gasteiger partial charge in [-0.25, -0.2) is 9.37 Å². The standard InChI is InChI=1S/C12H12FN3O3/c1-7-6-14-12(19-7)8(2)15-11-4-3-9(16(17)18)5-10(11)13/h3-6,8,15H,1-2H3. The van der Waals surface area contributed by atoms with Crippen LogP contribution >= 0.6 is 0 Å². The Morgan fingerprint density at radius 3 is 2.79 bits per heavy atom. The van der Waals surface area contributed by atoms with Gasteiger partial charge in [-0.2, -0.15) is 0 Å². The summed E-state index contributed by atoms with van der Waals surface area (Å²) in [7, 11) is 0. The first-order valence-electron chi connectivity index (χ1n) is 5.60. The van der Waals surface area contributed by atoms with Crippen LogP contribution in [0.5, 0.6) is 0 Å². The number of anilines is 1. The molecule has 0 aliphatic rings. The number of benzene rings is 1. The van der Waals surface area contributed by atoms with Crippen molar-refractivity contribution in [2.24, 2.45) is 0 Å². The molecule has 0 spiro atoms. The molecule has 1 atom stereocenters. The normalized spacial score (nSPS) is 12.2. The number of aryl methyl sites for hydroxylation is 1. The molecule has 100 valence electrons. The molecule has 0 saturated heterocycles. The third-order valence-electron chi connectivity index (χ3n) is 2.55. The van der Waals surface area contributed by atoms with Crippen molar-refractivity contribution in [2.45, 2.75) is 19.9 Å². The molecule has 1 N–H and O–H groups in total. The van der Waals surface area contributed by atoms with Gasteiger partial charge >= 0.3 is 0 Å². The number of non-ortho nitro benzene ring substituents is 1. The lowest BCUT2D eigenvalue weighted by atomic mass is 10.2. The van der Waals surface area contributed by atoms with Crippen LogP contribution in [-0.2, 0) is 0 Å². The van der Waals surface area contributed by atoms with Crippen molar-refractivity contribution in [3.05, 3.63) is 52.0 Å². The van der Waals surface area contributed by atoms with E-state index < -0.39 is 10.7 Å². The zero-order chi connectivity index (χ0) is 14.0. The zero-order valence-corrected chi connectivity index (χ0v) is 10.4. The number of nitro groups is 1. The Labute approximate surface area is 108 Å². The predicted octanol–water partition coefficient (Wildman–Crippen LogP) is 3.20. The van der Waals surface area contributed by atoms with Crippen LogP contribution in [0, 0.1) is 22.9 Å². The summed E-state index contributed by atoms with van der Waals surface area (Å²) >= 11 is 0. The molecule has 0 fully saturated rings. The number of nitrogens with one attached hydrogen (secondary N) is 1. The Bertz CT molecular complexity index is 612. The van der Waals surface area contributed by atoms with E-state index in [9.17, 15) is 14.5 Å². The SMILES string of the molecule is Cc1cnc(C(C)Nc2ccc([N+](=O)[O-])cc2F)o1. The third kappa shape index (κ3) is 2.87. The summed E-state index contributed by atoms with van der Waals surface area (Å²) in [5.41, 5.74) is -0.128. The number of aromatic nitrogens is 1. The van der Waals surface area contributed by atoms with Crippen LogP contribution in [0.2, 0.25) is 0 Å². The molecular weight excluding hydrogens is 253 g/mol. The maximum Gasteiger partial charge on any atom is 0.272 e. The Morgan fingerprint density at radius 1 is 1.53 bits per heavy atom. The molecule has 1 aromatic heterocycles. The van der Waals surface area contributed by atoms with E-state index in [0.29, 0.717) is 11.7 Å². The van der Waals surface area contributed by atoms with E-state index in [2.05, 4.69) is 10.3 Å². The van der Waals surface area contributed by atoms with E-state index in [1.165, 1.54) is 12.1 Å². The van der Waals surface area contributed by atoms with Crippen LogP contribution in [-0.4, -0.2) is 9.91 Å². The molecule has 1 unspecified atom stereocenters. The second kappa shape index (κ2) is 5.05. The Hall–Kier alpha value is -2.44. The fourth-order valence-corrected chi connectivity index (χ4v) is 1.60. The number of hydrogen-bond donors (Lipinski definition) is 1. The minimum atomic E-state index is -0.690. The molecule has 7 heteroatoms. The van der Waals surface area contributed by atoms with Crippen molar-refractivity contribution >= 4 is 11.4 Å². The largest absolute Gasteiger partial charge is 0.444 e. The van der Waals surface area contributed by atoms with Crippen molar-refractivity contribution in [1.82, 2.24) is 4.98 Å². The summed E-state index contributed by atoms with van der Waals surface area (Å²) < 4.78 is 19.0. The number of nitrogens with zero attached hydrogens (tertiary/aromatic N) is 2. The van der Waals surface area contributed by atoms with E-state index in [0.717, 1.165) is 6.07 Å². The van der Waals surface area contributed by atoms with Crippen molar-refractivity contribution in [1.29, 1.82) is 0 Å². The van der Waals surface area contributed by atoms with Gasteiger partial charge in [0, 0.05) is 6.07 Å². The Balaban J connectivity index is 2.17. The van der Waals surface area contributed by atoms with E-state index in [1.807, 2.05) is 0 Å². The molecule has 0 bridgehead atoms. The summed E-state index contributed by atoms with van der Waals surface area (Å²) in [4.78, 5) is 13.9. The van der Waals surface area contributed by atoms with Crippen LogP contribution in [0.1, 0.15) is 24.6 Å². The second-order valence-corrected chi connectivity index (χ2v) is 4.10. The van der Waals surface area contributed by atoms with Crippen molar-refractivity contribution in [3.8, 4) is 0 Å². The van der Waals surface area contributed by atoms with Crippen LogP contribution in [0.4, 0.5) is 15.8 Å².